The van der Waals surface area contributed by atoms with Gasteiger partial charge in [0, 0.05) is 0 Å². The first-order valence-electron chi connectivity index (χ1n) is 10.4. The van der Waals surface area contributed by atoms with Gasteiger partial charge in [0.2, 0.25) is 0 Å². The van der Waals surface area contributed by atoms with E-state index in [0.29, 0.717) is 11.3 Å². The molecule has 170 valence electrons. The van der Waals surface area contributed by atoms with Crippen LogP contribution in [-0.2, 0) is 31.8 Å². The molecular formula is C25H23FN2O4S. The van der Waals surface area contributed by atoms with E-state index < -0.39 is 27.5 Å². The molecule has 0 saturated heterocycles. The Bertz CT molecular complexity index is 1260. The Morgan fingerprint density at radius 1 is 0.970 bits per heavy atom. The number of hydrogen-bond donors (Lipinski definition) is 1. The molecule has 1 heterocycles. The standard InChI is InChI=1S/C25H23FN2O4S/c1-2-32-24(29)25(21-13-15-22(26)16-14-21)17-23(20-11-7-4-8-12-20)28(33(30,31)27-25)18-19-9-5-3-6-10-19/h3-17,27H,2,18H2,1H3/t25-/m0/s1. The molecule has 0 saturated carbocycles. The Balaban J connectivity index is 1.95. The minimum Gasteiger partial charge on any atom is -0.464 e. The van der Waals surface area contributed by atoms with Gasteiger partial charge in [0.1, 0.15) is 5.82 Å². The molecule has 3 aromatic rings. The van der Waals surface area contributed by atoms with E-state index in [1.165, 1.54) is 34.6 Å². The topological polar surface area (TPSA) is 75.7 Å². The van der Waals surface area contributed by atoms with Crippen molar-refractivity contribution in [3.05, 3.63) is 114 Å². The largest absolute Gasteiger partial charge is 0.464 e. The maximum Gasteiger partial charge on any atom is 0.336 e. The fourth-order valence-corrected chi connectivity index (χ4v) is 5.28. The van der Waals surface area contributed by atoms with E-state index in [0.717, 1.165) is 5.56 Å². The Hall–Kier alpha value is -3.49. The summed E-state index contributed by atoms with van der Waals surface area (Å²) in [6, 6.07) is 23.2. The Morgan fingerprint density at radius 3 is 2.18 bits per heavy atom. The molecule has 3 aromatic carbocycles. The summed E-state index contributed by atoms with van der Waals surface area (Å²) in [5.74, 6) is -1.30. The maximum atomic E-state index is 13.6. The second-order valence-electron chi connectivity index (χ2n) is 7.53. The predicted molar refractivity (Wildman–Crippen MR) is 123 cm³/mol. The summed E-state index contributed by atoms with van der Waals surface area (Å²) in [4.78, 5) is 13.2. The molecule has 33 heavy (non-hydrogen) atoms. The van der Waals surface area contributed by atoms with Crippen LogP contribution in [0.1, 0.15) is 23.6 Å². The molecule has 4 rings (SSSR count). The summed E-state index contributed by atoms with van der Waals surface area (Å²) < 4.78 is 49.9. The van der Waals surface area contributed by atoms with Crippen molar-refractivity contribution in [2.45, 2.75) is 19.0 Å². The number of rotatable bonds is 6. The summed E-state index contributed by atoms with van der Waals surface area (Å²) >= 11 is 0. The molecule has 0 fully saturated rings. The van der Waals surface area contributed by atoms with Crippen molar-refractivity contribution in [1.29, 1.82) is 0 Å². The van der Waals surface area contributed by atoms with Crippen LogP contribution in [0.2, 0.25) is 0 Å². The van der Waals surface area contributed by atoms with E-state index in [1.54, 1.807) is 31.2 Å². The van der Waals surface area contributed by atoms with Gasteiger partial charge in [-0.3, -0.25) is 4.31 Å². The molecular weight excluding hydrogens is 443 g/mol. The molecule has 8 heteroatoms. The Labute approximate surface area is 192 Å². The van der Waals surface area contributed by atoms with Crippen molar-refractivity contribution in [3.8, 4) is 0 Å². The lowest BCUT2D eigenvalue weighted by molar-refractivity contribution is -0.148. The Kier molecular flexibility index (Phi) is 6.31. The van der Waals surface area contributed by atoms with Crippen LogP contribution < -0.4 is 4.72 Å². The third-order valence-electron chi connectivity index (χ3n) is 5.34. The van der Waals surface area contributed by atoms with Gasteiger partial charge in [0.15, 0.2) is 5.54 Å². The molecule has 0 spiro atoms. The minimum absolute atomic E-state index is 0.0474. The number of carbonyl (C=O) groups excluding carboxylic acids is 1. The van der Waals surface area contributed by atoms with Crippen LogP contribution in [0, 0.1) is 5.82 Å². The van der Waals surface area contributed by atoms with Gasteiger partial charge in [-0.15, -0.1) is 0 Å². The van der Waals surface area contributed by atoms with Gasteiger partial charge in [0.05, 0.1) is 18.8 Å². The molecule has 0 bridgehead atoms. The lowest BCUT2D eigenvalue weighted by Crippen LogP contribution is -2.58. The summed E-state index contributed by atoms with van der Waals surface area (Å²) in [6.07, 6.45) is 1.54. The molecule has 1 atom stereocenters. The zero-order valence-corrected chi connectivity index (χ0v) is 18.8. The number of hydrogen-bond acceptors (Lipinski definition) is 4. The fourth-order valence-electron chi connectivity index (χ4n) is 3.77. The van der Waals surface area contributed by atoms with Crippen molar-refractivity contribution < 1.29 is 22.3 Å². The van der Waals surface area contributed by atoms with Crippen LogP contribution in [-0.4, -0.2) is 25.3 Å². The average molecular weight is 467 g/mol. The highest BCUT2D eigenvalue weighted by Gasteiger charge is 2.49. The van der Waals surface area contributed by atoms with Crippen molar-refractivity contribution in [3.63, 3.8) is 0 Å². The van der Waals surface area contributed by atoms with Crippen LogP contribution in [0.4, 0.5) is 4.39 Å². The van der Waals surface area contributed by atoms with E-state index in [2.05, 4.69) is 4.72 Å². The fraction of sp³-hybridized carbons (Fsp3) is 0.160. The molecule has 0 amide bonds. The Morgan fingerprint density at radius 2 is 1.58 bits per heavy atom. The number of esters is 1. The van der Waals surface area contributed by atoms with Crippen LogP contribution in [0.15, 0.2) is 91.0 Å². The first-order valence-corrected chi connectivity index (χ1v) is 11.9. The highest BCUT2D eigenvalue weighted by Crippen LogP contribution is 2.38. The molecule has 1 aliphatic rings. The van der Waals surface area contributed by atoms with Crippen LogP contribution >= 0.6 is 0 Å². The van der Waals surface area contributed by atoms with Crippen molar-refractivity contribution in [2.24, 2.45) is 0 Å². The van der Waals surface area contributed by atoms with Gasteiger partial charge in [-0.05, 0) is 41.8 Å². The molecule has 1 aliphatic heterocycles. The van der Waals surface area contributed by atoms with E-state index in [1.807, 2.05) is 36.4 Å². The van der Waals surface area contributed by atoms with Gasteiger partial charge < -0.3 is 4.74 Å². The van der Waals surface area contributed by atoms with Gasteiger partial charge >= 0.3 is 16.2 Å². The second-order valence-corrected chi connectivity index (χ2v) is 9.13. The highest BCUT2D eigenvalue weighted by molar-refractivity contribution is 7.87. The maximum absolute atomic E-state index is 13.6. The molecule has 6 nitrogen and oxygen atoms in total. The smallest absolute Gasteiger partial charge is 0.336 e. The summed E-state index contributed by atoms with van der Waals surface area (Å²) in [6.45, 7) is 1.74. The summed E-state index contributed by atoms with van der Waals surface area (Å²) in [7, 11) is -4.23. The summed E-state index contributed by atoms with van der Waals surface area (Å²) in [5, 5.41) is 0. The first kappa shape index (κ1) is 22.7. The quantitative estimate of drug-likeness (QED) is 0.558. The molecule has 0 radical (unpaired) electrons. The first-order chi connectivity index (χ1) is 15.9. The molecule has 0 aliphatic carbocycles. The number of ether oxygens (including phenoxy) is 1. The van der Waals surface area contributed by atoms with Gasteiger partial charge in [-0.25, -0.2) is 9.18 Å². The van der Waals surface area contributed by atoms with E-state index >= 15 is 0 Å². The number of carbonyl (C=O) groups is 1. The zero-order chi connectivity index (χ0) is 23.5. The van der Waals surface area contributed by atoms with Gasteiger partial charge in [-0.1, -0.05) is 72.8 Å². The van der Waals surface area contributed by atoms with Crippen LogP contribution in [0.3, 0.4) is 0 Å². The average Bonchev–Trinajstić information content (AvgIpc) is 2.82. The molecule has 0 unspecified atom stereocenters. The monoisotopic (exact) mass is 466 g/mol. The van der Waals surface area contributed by atoms with Crippen molar-refractivity contribution in [2.75, 3.05) is 6.61 Å². The van der Waals surface area contributed by atoms with Crippen molar-refractivity contribution in [1.82, 2.24) is 9.03 Å². The SMILES string of the molecule is CCOC(=O)[C@@]1(c2ccc(F)cc2)C=C(c2ccccc2)N(Cc2ccccc2)S(=O)(=O)N1. The number of nitrogens with zero attached hydrogens (tertiary/aromatic N) is 1. The third kappa shape index (κ3) is 4.53. The zero-order valence-electron chi connectivity index (χ0n) is 17.9. The summed E-state index contributed by atoms with van der Waals surface area (Å²) in [5.41, 5.74) is 0.0830. The van der Waals surface area contributed by atoms with Crippen molar-refractivity contribution >= 4 is 21.9 Å². The van der Waals surface area contributed by atoms with E-state index in [-0.39, 0.29) is 18.7 Å². The lowest BCUT2D eigenvalue weighted by atomic mass is 9.88. The minimum atomic E-state index is -4.23. The van der Waals surface area contributed by atoms with E-state index in [9.17, 15) is 17.6 Å². The lowest BCUT2D eigenvalue weighted by Gasteiger charge is -2.40. The van der Waals surface area contributed by atoms with Gasteiger partial charge in [0.25, 0.3) is 0 Å². The normalized spacial score (nSPS) is 19.6. The second kappa shape index (κ2) is 9.17. The molecule has 1 N–H and O–H groups in total. The van der Waals surface area contributed by atoms with Crippen LogP contribution in [0.5, 0.6) is 0 Å². The predicted octanol–water partition coefficient (Wildman–Crippen LogP) is 3.98. The van der Waals surface area contributed by atoms with Gasteiger partial charge in [-0.2, -0.15) is 13.1 Å². The third-order valence-corrected chi connectivity index (χ3v) is 6.82. The van der Waals surface area contributed by atoms with Crippen LogP contribution in [0.25, 0.3) is 5.70 Å². The van der Waals surface area contributed by atoms with E-state index in [4.69, 9.17) is 4.74 Å². The number of halogens is 1. The molecule has 0 aromatic heterocycles. The highest BCUT2D eigenvalue weighted by atomic mass is 32.2. The number of benzene rings is 3. The number of nitrogens with one attached hydrogen (secondary N) is 1.